The maximum absolute atomic E-state index is 13.0. The molecule has 0 saturated carbocycles. The van der Waals surface area contributed by atoms with Crippen molar-refractivity contribution in [3.8, 4) is 0 Å². The lowest BCUT2D eigenvalue weighted by molar-refractivity contribution is -0.383. The highest BCUT2D eigenvalue weighted by atomic mass is 32.1. The van der Waals surface area contributed by atoms with Gasteiger partial charge in [-0.2, -0.15) is 0 Å². The van der Waals surface area contributed by atoms with Gasteiger partial charge in [0.15, 0.2) is 0 Å². The number of hydrogen-bond donors (Lipinski definition) is 0. The molecule has 0 spiro atoms. The fourth-order valence-electron chi connectivity index (χ4n) is 1.36. The van der Waals surface area contributed by atoms with Crippen molar-refractivity contribution in [2.75, 3.05) is 0 Å². The monoisotopic (exact) mass is 211 g/mol. The lowest BCUT2D eigenvalue weighted by Crippen LogP contribution is -1.88. The van der Waals surface area contributed by atoms with Crippen molar-refractivity contribution in [1.82, 2.24) is 0 Å². The van der Waals surface area contributed by atoms with E-state index in [9.17, 15) is 14.5 Å². The first-order valence-corrected chi connectivity index (χ1v) is 4.73. The molecule has 0 aliphatic heterocycles. The van der Waals surface area contributed by atoms with Crippen LogP contribution in [0, 0.1) is 22.9 Å². The molecule has 1 aromatic heterocycles. The maximum atomic E-state index is 13.0. The Labute approximate surface area is 82.9 Å². The number of nitro benzene ring substituents is 1. The second kappa shape index (κ2) is 3.02. The Morgan fingerprint density at radius 2 is 2.14 bits per heavy atom. The highest BCUT2D eigenvalue weighted by Gasteiger charge is 2.15. The Morgan fingerprint density at radius 1 is 1.43 bits per heavy atom. The lowest BCUT2D eigenvalue weighted by Gasteiger charge is -1.93. The summed E-state index contributed by atoms with van der Waals surface area (Å²) in [5.41, 5.74) is -0.155. The molecule has 0 fully saturated rings. The quantitative estimate of drug-likeness (QED) is 0.536. The molecular formula is C9H6FNO2S. The molecule has 0 atom stereocenters. The predicted octanol–water partition coefficient (Wildman–Crippen LogP) is 3.26. The van der Waals surface area contributed by atoms with Crippen molar-refractivity contribution in [1.29, 1.82) is 0 Å². The fraction of sp³-hybridized carbons (Fsp3) is 0.111. The number of non-ortho nitro benzene ring substituents is 1. The molecule has 5 heteroatoms. The van der Waals surface area contributed by atoms with E-state index in [1.54, 1.807) is 6.07 Å². The van der Waals surface area contributed by atoms with Crippen LogP contribution in [-0.4, -0.2) is 4.92 Å². The van der Waals surface area contributed by atoms with Crippen LogP contribution in [0.3, 0.4) is 0 Å². The summed E-state index contributed by atoms with van der Waals surface area (Å²) in [6, 6.07) is 4.01. The highest BCUT2D eigenvalue weighted by Crippen LogP contribution is 2.33. The third-order valence-corrected chi connectivity index (χ3v) is 2.97. The zero-order valence-corrected chi connectivity index (χ0v) is 8.10. The normalized spacial score (nSPS) is 10.7. The largest absolute Gasteiger partial charge is 0.290 e. The number of nitro groups is 1. The van der Waals surface area contributed by atoms with Gasteiger partial charge in [0.2, 0.25) is 0 Å². The Kier molecular flexibility index (Phi) is 1.96. The van der Waals surface area contributed by atoms with E-state index in [2.05, 4.69) is 0 Å². The summed E-state index contributed by atoms with van der Waals surface area (Å²) in [5.74, 6) is -0.568. The number of thiophene rings is 1. The van der Waals surface area contributed by atoms with E-state index >= 15 is 0 Å². The van der Waals surface area contributed by atoms with E-state index in [1.807, 2.05) is 6.92 Å². The smallest absolute Gasteiger partial charge is 0.258 e. The third-order valence-electron chi connectivity index (χ3n) is 1.88. The van der Waals surface area contributed by atoms with Crippen molar-refractivity contribution in [2.45, 2.75) is 6.92 Å². The first-order valence-electron chi connectivity index (χ1n) is 3.92. The van der Waals surface area contributed by atoms with E-state index in [0.717, 1.165) is 10.9 Å². The van der Waals surface area contributed by atoms with Crippen LogP contribution in [0.5, 0.6) is 0 Å². The van der Waals surface area contributed by atoms with Crippen molar-refractivity contribution in [2.24, 2.45) is 0 Å². The van der Waals surface area contributed by atoms with Gasteiger partial charge in [-0.15, -0.1) is 11.3 Å². The first-order chi connectivity index (χ1) is 6.58. The zero-order valence-electron chi connectivity index (χ0n) is 7.28. The second-order valence-corrected chi connectivity index (χ2v) is 4.21. The van der Waals surface area contributed by atoms with Gasteiger partial charge in [-0.25, -0.2) is 4.39 Å². The predicted molar refractivity (Wildman–Crippen MR) is 53.2 cm³/mol. The van der Waals surface area contributed by atoms with Gasteiger partial charge in [-0.1, -0.05) is 0 Å². The van der Waals surface area contributed by atoms with E-state index < -0.39 is 10.7 Å². The minimum atomic E-state index is -0.568. The average molecular weight is 211 g/mol. The number of aryl methyl sites for hydroxylation is 1. The van der Waals surface area contributed by atoms with Crippen LogP contribution >= 0.6 is 11.3 Å². The molecule has 1 aromatic carbocycles. The number of nitrogens with zero attached hydrogens (tertiary/aromatic N) is 1. The molecule has 0 N–H and O–H groups in total. The number of fused-ring (bicyclic) bond motifs is 1. The molecule has 72 valence electrons. The Morgan fingerprint density at radius 3 is 2.79 bits per heavy atom. The molecule has 0 aliphatic carbocycles. The van der Waals surface area contributed by atoms with Gasteiger partial charge in [-0.3, -0.25) is 10.1 Å². The van der Waals surface area contributed by atoms with E-state index in [4.69, 9.17) is 0 Å². The topological polar surface area (TPSA) is 43.1 Å². The van der Waals surface area contributed by atoms with Crippen molar-refractivity contribution in [3.63, 3.8) is 0 Å². The van der Waals surface area contributed by atoms with Gasteiger partial charge in [-0.05, 0) is 19.1 Å². The summed E-state index contributed by atoms with van der Waals surface area (Å²) in [5, 5.41) is 11.2. The SMILES string of the molecule is Cc1cc2cc(F)cc([N+](=O)[O-])c2s1. The zero-order chi connectivity index (χ0) is 10.3. The summed E-state index contributed by atoms with van der Waals surface area (Å²) < 4.78 is 13.5. The molecule has 1 heterocycles. The van der Waals surface area contributed by atoms with Crippen molar-refractivity contribution < 1.29 is 9.31 Å². The molecule has 0 unspecified atom stereocenters. The minimum Gasteiger partial charge on any atom is -0.258 e. The Bertz CT molecular complexity index is 521. The molecular weight excluding hydrogens is 205 g/mol. The summed E-state index contributed by atoms with van der Waals surface area (Å²) in [6.45, 7) is 1.84. The van der Waals surface area contributed by atoms with E-state index in [1.165, 1.54) is 17.4 Å². The van der Waals surface area contributed by atoms with Crippen molar-refractivity contribution in [3.05, 3.63) is 39.0 Å². The van der Waals surface area contributed by atoms with Crippen LogP contribution in [0.2, 0.25) is 0 Å². The molecule has 2 aromatic rings. The number of hydrogen-bond acceptors (Lipinski definition) is 3. The van der Waals surface area contributed by atoms with Gasteiger partial charge in [0.25, 0.3) is 5.69 Å². The van der Waals surface area contributed by atoms with Crippen LogP contribution in [0.25, 0.3) is 10.1 Å². The standard InChI is InChI=1S/C9H6FNO2S/c1-5-2-6-3-7(10)4-8(11(12)13)9(6)14-5/h2-4H,1H3. The van der Waals surface area contributed by atoms with Crippen molar-refractivity contribution >= 4 is 27.1 Å². The molecule has 0 bridgehead atoms. The highest BCUT2D eigenvalue weighted by molar-refractivity contribution is 7.19. The number of halogens is 1. The Balaban J connectivity index is 2.85. The molecule has 0 amide bonds. The lowest BCUT2D eigenvalue weighted by atomic mass is 10.2. The summed E-state index contributed by atoms with van der Waals surface area (Å²) in [7, 11) is 0. The number of rotatable bonds is 1. The summed E-state index contributed by atoms with van der Waals surface area (Å²) >= 11 is 1.31. The minimum absolute atomic E-state index is 0.155. The summed E-state index contributed by atoms with van der Waals surface area (Å²) in [4.78, 5) is 11.0. The molecule has 0 saturated heterocycles. The second-order valence-electron chi connectivity index (χ2n) is 2.96. The number of benzene rings is 1. The van der Waals surface area contributed by atoms with Crippen LogP contribution in [0.4, 0.5) is 10.1 Å². The first kappa shape index (κ1) is 9.08. The fourth-order valence-corrected chi connectivity index (χ4v) is 2.34. The van der Waals surface area contributed by atoms with Crippen LogP contribution in [0.15, 0.2) is 18.2 Å². The van der Waals surface area contributed by atoms with E-state index in [-0.39, 0.29) is 5.69 Å². The molecule has 14 heavy (non-hydrogen) atoms. The van der Waals surface area contributed by atoms with Crippen LogP contribution in [0.1, 0.15) is 4.88 Å². The van der Waals surface area contributed by atoms with Gasteiger partial charge in [0.05, 0.1) is 11.0 Å². The van der Waals surface area contributed by atoms with E-state index in [0.29, 0.717) is 10.1 Å². The van der Waals surface area contributed by atoms with Gasteiger partial charge in [0.1, 0.15) is 10.5 Å². The van der Waals surface area contributed by atoms with Crippen LogP contribution < -0.4 is 0 Å². The Hall–Kier alpha value is -1.49. The molecule has 0 radical (unpaired) electrons. The maximum Gasteiger partial charge on any atom is 0.290 e. The van der Waals surface area contributed by atoms with Gasteiger partial charge >= 0.3 is 0 Å². The van der Waals surface area contributed by atoms with Gasteiger partial charge < -0.3 is 0 Å². The third kappa shape index (κ3) is 1.35. The summed E-state index contributed by atoms with van der Waals surface area (Å²) in [6.07, 6.45) is 0. The molecule has 2 rings (SSSR count). The molecule has 3 nitrogen and oxygen atoms in total. The van der Waals surface area contributed by atoms with Gasteiger partial charge in [0, 0.05) is 10.3 Å². The molecule has 0 aliphatic rings. The van der Waals surface area contributed by atoms with Crippen LogP contribution in [-0.2, 0) is 0 Å². The average Bonchev–Trinajstić information content (AvgIpc) is 2.42.